The lowest BCUT2D eigenvalue weighted by Crippen LogP contribution is -2.27. The van der Waals surface area contributed by atoms with E-state index in [9.17, 15) is 35.1 Å². The van der Waals surface area contributed by atoms with Gasteiger partial charge in [0.15, 0.2) is 6.04 Å². The van der Waals surface area contributed by atoms with Gasteiger partial charge in [-0.2, -0.15) is 4.68 Å². The molecule has 1 amide bonds. The Labute approximate surface area is 157 Å². The average molecular weight is 392 g/mol. The zero-order chi connectivity index (χ0) is 21.2. The van der Waals surface area contributed by atoms with Crippen LogP contribution in [0.15, 0.2) is 18.2 Å². The fraction of sp³-hybridized carbons (Fsp3) is 0.333. The Bertz CT molecular complexity index is 948. The van der Waals surface area contributed by atoms with Crippen LogP contribution < -0.4 is 5.32 Å². The zero-order valence-corrected chi connectivity index (χ0v) is 15.1. The fourth-order valence-corrected chi connectivity index (χ4v) is 2.71. The van der Waals surface area contributed by atoms with Crippen molar-refractivity contribution in [3.63, 3.8) is 0 Å². The summed E-state index contributed by atoms with van der Waals surface area (Å²) in [6.07, 6.45) is 0.210. The third-order valence-electron chi connectivity index (χ3n) is 4.09. The predicted octanol–water partition coefficient (Wildman–Crippen LogP) is 2.81. The number of hydrogen-bond acceptors (Lipinski definition) is 8. The smallest absolute Gasteiger partial charge is 0.358 e. The normalized spacial score (nSPS) is 11.7. The molecule has 1 unspecified atom stereocenters. The molecule has 0 spiro atoms. The van der Waals surface area contributed by atoms with E-state index in [-0.39, 0.29) is 17.7 Å². The molecule has 0 bridgehead atoms. The van der Waals surface area contributed by atoms with Crippen LogP contribution in [-0.4, -0.2) is 30.5 Å². The van der Waals surface area contributed by atoms with Crippen molar-refractivity contribution in [2.45, 2.75) is 33.2 Å². The number of amides is 1. The number of nitro benzene ring substituents is 2. The van der Waals surface area contributed by atoms with Gasteiger partial charge in [0.25, 0.3) is 17.3 Å². The van der Waals surface area contributed by atoms with Crippen LogP contribution in [0.4, 0.5) is 22.9 Å². The number of nitrogens with one attached hydrogen (secondary N) is 1. The zero-order valence-electron chi connectivity index (χ0n) is 15.1. The molecule has 1 aromatic heterocycles. The van der Waals surface area contributed by atoms with Gasteiger partial charge in [-0.3, -0.25) is 25.0 Å². The van der Waals surface area contributed by atoms with Crippen molar-refractivity contribution < 1.29 is 19.6 Å². The molecule has 0 fully saturated rings. The Morgan fingerprint density at radius 3 is 2.00 bits per heavy atom. The van der Waals surface area contributed by atoms with E-state index in [2.05, 4.69) is 10.4 Å². The Morgan fingerprint density at radius 2 is 1.61 bits per heavy atom. The molecule has 2 aromatic rings. The summed E-state index contributed by atoms with van der Waals surface area (Å²) < 4.78 is 1.17. The van der Waals surface area contributed by atoms with Gasteiger partial charge in [0.2, 0.25) is 0 Å². The standard InChI is InChI=1S/C15H16N6O7/c1-4-11(18-8(2)5-14(17-18)21(27)28)15(22)16-10-6-12(19(23)24)9(3)13(7-10)20(25)26/h5-7,11H,4H2,1-3H3,(H,16,22). The van der Waals surface area contributed by atoms with Crippen LogP contribution in [-0.2, 0) is 4.79 Å². The van der Waals surface area contributed by atoms with E-state index in [1.807, 2.05) is 0 Å². The number of anilines is 1. The number of nitrogens with zero attached hydrogens (tertiary/aromatic N) is 5. The first kappa shape index (κ1) is 20.4. The third-order valence-corrected chi connectivity index (χ3v) is 4.09. The highest BCUT2D eigenvalue weighted by Gasteiger charge is 2.29. The summed E-state index contributed by atoms with van der Waals surface area (Å²) in [4.78, 5) is 43.6. The van der Waals surface area contributed by atoms with Gasteiger partial charge in [-0.05, 0) is 25.2 Å². The molecule has 148 valence electrons. The van der Waals surface area contributed by atoms with Crippen molar-refractivity contribution >= 4 is 28.8 Å². The number of aromatic nitrogens is 2. The highest BCUT2D eigenvalue weighted by atomic mass is 16.6. The van der Waals surface area contributed by atoms with Crippen molar-refractivity contribution in [1.82, 2.24) is 9.78 Å². The van der Waals surface area contributed by atoms with Crippen molar-refractivity contribution in [2.24, 2.45) is 0 Å². The van der Waals surface area contributed by atoms with Crippen LogP contribution in [0.1, 0.15) is 30.6 Å². The second kappa shape index (κ2) is 7.77. The molecular weight excluding hydrogens is 376 g/mol. The van der Waals surface area contributed by atoms with Gasteiger partial charge < -0.3 is 15.4 Å². The summed E-state index contributed by atoms with van der Waals surface area (Å²) in [6, 6.07) is 2.29. The van der Waals surface area contributed by atoms with Crippen LogP contribution in [0.3, 0.4) is 0 Å². The first-order chi connectivity index (χ1) is 13.1. The second-order valence-electron chi connectivity index (χ2n) is 5.91. The largest absolute Gasteiger partial charge is 0.390 e. The van der Waals surface area contributed by atoms with E-state index in [1.54, 1.807) is 6.92 Å². The van der Waals surface area contributed by atoms with E-state index in [0.717, 1.165) is 12.1 Å². The molecule has 1 N–H and O–H groups in total. The van der Waals surface area contributed by atoms with E-state index in [4.69, 9.17) is 0 Å². The van der Waals surface area contributed by atoms with E-state index in [0.29, 0.717) is 5.69 Å². The van der Waals surface area contributed by atoms with Crippen LogP contribution in [0.2, 0.25) is 0 Å². The molecule has 0 saturated carbocycles. The molecule has 2 rings (SSSR count). The third kappa shape index (κ3) is 3.92. The van der Waals surface area contributed by atoms with Crippen molar-refractivity contribution in [3.05, 3.63) is 59.8 Å². The molecule has 13 nitrogen and oxygen atoms in total. The minimum absolute atomic E-state index is 0.133. The Kier molecular flexibility index (Phi) is 5.67. The van der Waals surface area contributed by atoms with Crippen LogP contribution in [0.5, 0.6) is 0 Å². The van der Waals surface area contributed by atoms with Crippen LogP contribution in [0, 0.1) is 44.2 Å². The molecular formula is C15H16N6O7. The number of aryl methyl sites for hydroxylation is 1. The van der Waals surface area contributed by atoms with Gasteiger partial charge >= 0.3 is 5.82 Å². The quantitative estimate of drug-likeness (QED) is 0.552. The SMILES string of the molecule is CCC(C(=O)Nc1cc([N+](=O)[O-])c(C)c([N+](=O)[O-])c1)n1nc([N+](=O)[O-])cc1C. The fourth-order valence-electron chi connectivity index (χ4n) is 2.71. The van der Waals surface area contributed by atoms with Gasteiger partial charge in [-0.15, -0.1) is 0 Å². The number of carbonyl (C=O) groups excluding carboxylic acids is 1. The first-order valence-corrected chi connectivity index (χ1v) is 8.01. The summed E-state index contributed by atoms with van der Waals surface area (Å²) in [7, 11) is 0. The van der Waals surface area contributed by atoms with Crippen molar-refractivity contribution in [1.29, 1.82) is 0 Å². The molecule has 1 aromatic carbocycles. The van der Waals surface area contributed by atoms with E-state index in [1.165, 1.54) is 24.6 Å². The first-order valence-electron chi connectivity index (χ1n) is 8.01. The van der Waals surface area contributed by atoms with Gasteiger partial charge in [0.05, 0.1) is 32.4 Å². The molecule has 0 aliphatic rings. The van der Waals surface area contributed by atoms with Gasteiger partial charge in [-0.25, -0.2) is 0 Å². The molecule has 0 radical (unpaired) electrons. The summed E-state index contributed by atoms with van der Waals surface area (Å²) in [5.41, 5.74) is -0.924. The minimum Gasteiger partial charge on any atom is -0.358 e. The van der Waals surface area contributed by atoms with Crippen LogP contribution >= 0.6 is 0 Å². The summed E-state index contributed by atoms with van der Waals surface area (Å²) >= 11 is 0. The lowest BCUT2D eigenvalue weighted by molar-refractivity contribution is -0.395. The predicted molar refractivity (Wildman–Crippen MR) is 96.1 cm³/mol. The number of hydrogen-bond donors (Lipinski definition) is 1. The maximum absolute atomic E-state index is 12.6. The lowest BCUT2D eigenvalue weighted by atomic mass is 10.1. The Morgan fingerprint density at radius 1 is 1.07 bits per heavy atom. The topological polar surface area (TPSA) is 176 Å². The maximum atomic E-state index is 12.6. The van der Waals surface area contributed by atoms with Crippen LogP contribution in [0.25, 0.3) is 0 Å². The number of carbonyl (C=O) groups is 1. The Hall–Kier alpha value is -3.90. The number of rotatable bonds is 7. The summed E-state index contributed by atoms with van der Waals surface area (Å²) in [5.74, 6) is -1.10. The highest BCUT2D eigenvalue weighted by molar-refractivity contribution is 5.94. The summed E-state index contributed by atoms with van der Waals surface area (Å²) in [5, 5.41) is 39.4. The van der Waals surface area contributed by atoms with E-state index < -0.39 is 43.9 Å². The molecule has 1 heterocycles. The molecule has 0 saturated heterocycles. The Balaban J connectivity index is 2.41. The average Bonchev–Trinajstić information content (AvgIpc) is 2.98. The van der Waals surface area contributed by atoms with Crippen molar-refractivity contribution in [2.75, 3.05) is 5.32 Å². The maximum Gasteiger partial charge on any atom is 0.390 e. The van der Waals surface area contributed by atoms with E-state index >= 15 is 0 Å². The molecule has 28 heavy (non-hydrogen) atoms. The van der Waals surface area contributed by atoms with Gasteiger partial charge in [0, 0.05) is 12.1 Å². The number of benzene rings is 1. The number of nitro groups is 3. The molecule has 13 heteroatoms. The minimum atomic E-state index is -0.951. The van der Waals surface area contributed by atoms with Gasteiger partial charge in [0.1, 0.15) is 5.56 Å². The summed E-state index contributed by atoms with van der Waals surface area (Å²) in [6.45, 7) is 4.43. The monoisotopic (exact) mass is 392 g/mol. The molecule has 0 aliphatic carbocycles. The highest BCUT2D eigenvalue weighted by Crippen LogP contribution is 2.32. The molecule has 0 aliphatic heterocycles. The van der Waals surface area contributed by atoms with Crippen molar-refractivity contribution in [3.8, 4) is 0 Å². The lowest BCUT2D eigenvalue weighted by Gasteiger charge is -2.14. The molecule has 1 atom stereocenters. The van der Waals surface area contributed by atoms with Gasteiger partial charge in [-0.1, -0.05) is 6.92 Å². The second-order valence-corrected chi connectivity index (χ2v) is 5.91.